The molecule has 0 spiro atoms. The van der Waals surface area contributed by atoms with E-state index in [4.69, 9.17) is 9.84 Å². The van der Waals surface area contributed by atoms with E-state index in [2.05, 4.69) is 22.0 Å². The van der Waals surface area contributed by atoms with Crippen LogP contribution in [0.1, 0.15) is 5.56 Å². The van der Waals surface area contributed by atoms with Gasteiger partial charge in [0.05, 0.1) is 11.1 Å². The second-order valence-electron chi connectivity index (χ2n) is 2.96. The zero-order chi connectivity index (χ0) is 9.84. The van der Waals surface area contributed by atoms with Crippen LogP contribution in [0.15, 0.2) is 16.6 Å². The molecule has 2 nitrogen and oxygen atoms in total. The lowest BCUT2D eigenvalue weighted by molar-refractivity contribution is 0.201. The SMILES string of the molecule is Bc1cc(C)cc(Br)c1OCCO. The lowest BCUT2D eigenvalue weighted by Crippen LogP contribution is -2.13. The van der Waals surface area contributed by atoms with Crippen molar-refractivity contribution in [3.8, 4) is 5.75 Å². The summed E-state index contributed by atoms with van der Waals surface area (Å²) in [6.45, 7) is 2.41. The lowest BCUT2D eigenvalue weighted by atomic mass is 9.93. The molecule has 4 heteroatoms. The third-order valence-corrected chi connectivity index (χ3v) is 2.30. The summed E-state index contributed by atoms with van der Waals surface area (Å²) in [5.41, 5.74) is 2.28. The van der Waals surface area contributed by atoms with Crippen LogP contribution in [0.3, 0.4) is 0 Å². The Labute approximate surface area is 87.5 Å². The van der Waals surface area contributed by atoms with Crippen molar-refractivity contribution in [3.05, 3.63) is 22.2 Å². The van der Waals surface area contributed by atoms with Gasteiger partial charge in [-0.15, -0.1) is 0 Å². The van der Waals surface area contributed by atoms with E-state index in [0.29, 0.717) is 6.61 Å². The molecule has 13 heavy (non-hydrogen) atoms. The van der Waals surface area contributed by atoms with Gasteiger partial charge in [-0.3, -0.25) is 0 Å². The quantitative estimate of drug-likeness (QED) is 0.778. The van der Waals surface area contributed by atoms with Crippen molar-refractivity contribution in [2.75, 3.05) is 13.2 Å². The summed E-state index contributed by atoms with van der Waals surface area (Å²) in [6, 6.07) is 4.05. The van der Waals surface area contributed by atoms with E-state index in [-0.39, 0.29) is 6.61 Å². The van der Waals surface area contributed by atoms with Crippen LogP contribution < -0.4 is 10.2 Å². The van der Waals surface area contributed by atoms with Gasteiger partial charge in [0.15, 0.2) is 0 Å². The molecule has 0 aliphatic rings. The van der Waals surface area contributed by atoms with Gasteiger partial charge in [-0.25, -0.2) is 0 Å². The normalized spacial score (nSPS) is 10.1. The standard InChI is InChI=1S/C9H12BBrO2/c1-6-4-7(10)9(8(11)5-6)13-3-2-12/h4-5,12H,2-3,10H2,1H3. The molecule has 1 N–H and O–H groups in total. The first-order chi connectivity index (χ1) is 6.15. The fraction of sp³-hybridized carbons (Fsp3) is 0.333. The van der Waals surface area contributed by atoms with E-state index in [1.165, 1.54) is 5.56 Å². The number of halogens is 1. The number of benzene rings is 1. The molecule has 0 amide bonds. The summed E-state index contributed by atoms with van der Waals surface area (Å²) < 4.78 is 6.32. The molecule has 0 aliphatic heterocycles. The number of hydrogen-bond acceptors (Lipinski definition) is 2. The van der Waals surface area contributed by atoms with Gasteiger partial charge in [0.2, 0.25) is 0 Å². The number of hydrogen-bond donors (Lipinski definition) is 1. The van der Waals surface area contributed by atoms with Gasteiger partial charge in [-0.2, -0.15) is 0 Å². The fourth-order valence-corrected chi connectivity index (χ4v) is 2.02. The summed E-state index contributed by atoms with van der Waals surface area (Å²) in [6.07, 6.45) is 0. The van der Waals surface area contributed by atoms with Crippen LogP contribution in [0.25, 0.3) is 0 Å². The molecule has 1 aromatic rings. The minimum atomic E-state index is 0.0414. The molecule has 0 aromatic heterocycles. The molecule has 0 bridgehead atoms. The Morgan fingerprint density at radius 2 is 2.23 bits per heavy atom. The Bertz CT molecular complexity index is 279. The predicted octanol–water partition coefficient (Wildman–Crippen LogP) is 0.387. The maximum absolute atomic E-state index is 8.62. The second kappa shape index (κ2) is 4.68. The van der Waals surface area contributed by atoms with Crippen LogP contribution in [-0.4, -0.2) is 26.2 Å². The van der Waals surface area contributed by atoms with Crippen LogP contribution in [-0.2, 0) is 0 Å². The molecule has 1 rings (SSSR count). The number of aliphatic hydroxyl groups is 1. The van der Waals surface area contributed by atoms with E-state index in [1.807, 2.05) is 20.8 Å². The third kappa shape index (κ3) is 2.74. The maximum Gasteiger partial charge on any atom is 0.144 e. The second-order valence-corrected chi connectivity index (χ2v) is 3.82. The van der Waals surface area contributed by atoms with Gasteiger partial charge in [-0.1, -0.05) is 11.6 Å². The van der Waals surface area contributed by atoms with Crippen molar-refractivity contribution >= 4 is 29.2 Å². The minimum Gasteiger partial charge on any atom is -0.491 e. The van der Waals surface area contributed by atoms with Gasteiger partial charge in [0.1, 0.15) is 20.2 Å². The average Bonchev–Trinajstić information content (AvgIpc) is 2.02. The number of ether oxygens (including phenoxy) is 1. The molecule has 0 aliphatic carbocycles. The van der Waals surface area contributed by atoms with Crippen molar-refractivity contribution in [1.29, 1.82) is 0 Å². The Hall–Kier alpha value is -0.475. The maximum atomic E-state index is 8.62. The zero-order valence-electron chi connectivity index (χ0n) is 7.80. The Morgan fingerprint density at radius 1 is 1.54 bits per heavy atom. The predicted molar refractivity (Wildman–Crippen MR) is 59.6 cm³/mol. The molecule has 0 radical (unpaired) electrons. The van der Waals surface area contributed by atoms with E-state index in [0.717, 1.165) is 15.7 Å². The molecule has 1 aromatic carbocycles. The van der Waals surface area contributed by atoms with Crippen LogP contribution in [0.5, 0.6) is 5.75 Å². The lowest BCUT2D eigenvalue weighted by Gasteiger charge is -2.10. The Morgan fingerprint density at radius 3 is 2.77 bits per heavy atom. The smallest absolute Gasteiger partial charge is 0.144 e. The van der Waals surface area contributed by atoms with Crippen LogP contribution >= 0.6 is 15.9 Å². The molecule has 70 valence electrons. The molecule has 0 heterocycles. The molecule has 0 unspecified atom stereocenters. The summed E-state index contributed by atoms with van der Waals surface area (Å²) in [5, 5.41) is 8.62. The van der Waals surface area contributed by atoms with Gasteiger partial charge >= 0.3 is 0 Å². The molecule has 0 atom stereocenters. The molecular weight excluding hydrogens is 231 g/mol. The first-order valence-electron chi connectivity index (χ1n) is 4.15. The van der Waals surface area contributed by atoms with Crippen LogP contribution in [0, 0.1) is 6.92 Å². The largest absolute Gasteiger partial charge is 0.491 e. The molecule has 0 fully saturated rings. The first kappa shape index (κ1) is 10.6. The van der Waals surface area contributed by atoms with Crippen molar-refractivity contribution in [1.82, 2.24) is 0 Å². The van der Waals surface area contributed by atoms with E-state index < -0.39 is 0 Å². The summed E-state index contributed by atoms with van der Waals surface area (Å²) in [7, 11) is 1.99. The van der Waals surface area contributed by atoms with Crippen molar-refractivity contribution in [2.45, 2.75) is 6.92 Å². The topological polar surface area (TPSA) is 29.5 Å². The van der Waals surface area contributed by atoms with E-state index >= 15 is 0 Å². The average molecular weight is 243 g/mol. The third-order valence-electron chi connectivity index (χ3n) is 1.71. The van der Waals surface area contributed by atoms with Crippen molar-refractivity contribution < 1.29 is 9.84 Å². The highest BCUT2D eigenvalue weighted by Crippen LogP contribution is 2.23. The highest BCUT2D eigenvalue weighted by Gasteiger charge is 2.04. The van der Waals surface area contributed by atoms with Crippen molar-refractivity contribution in [3.63, 3.8) is 0 Å². The number of aryl methyl sites for hydroxylation is 1. The van der Waals surface area contributed by atoms with Gasteiger partial charge in [-0.05, 0) is 34.4 Å². The van der Waals surface area contributed by atoms with Crippen LogP contribution in [0.2, 0.25) is 0 Å². The van der Waals surface area contributed by atoms with Crippen LogP contribution in [0.4, 0.5) is 0 Å². The van der Waals surface area contributed by atoms with E-state index in [9.17, 15) is 0 Å². The summed E-state index contributed by atoms with van der Waals surface area (Å²) in [5.74, 6) is 0.819. The summed E-state index contributed by atoms with van der Waals surface area (Å²) in [4.78, 5) is 0. The summed E-state index contributed by atoms with van der Waals surface area (Å²) >= 11 is 3.42. The number of aliphatic hydroxyl groups excluding tert-OH is 1. The number of rotatable bonds is 3. The van der Waals surface area contributed by atoms with Gasteiger partial charge in [0.25, 0.3) is 0 Å². The fourth-order valence-electron chi connectivity index (χ4n) is 1.23. The zero-order valence-corrected chi connectivity index (χ0v) is 9.39. The minimum absolute atomic E-state index is 0.0414. The highest BCUT2D eigenvalue weighted by molar-refractivity contribution is 9.10. The Balaban J connectivity index is 2.92. The molecular formula is C9H12BBrO2. The van der Waals surface area contributed by atoms with Gasteiger partial charge < -0.3 is 9.84 Å². The first-order valence-corrected chi connectivity index (χ1v) is 4.95. The van der Waals surface area contributed by atoms with E-state index in [1.54, 1.807) is 0 Å². The van der Waals surface area contributed by atoms with Gasteiger partial charge in [0, 0.05) is 0 Å². The highest BCUT2D eigenvalue weighted by atomic mass is 79.9. The molecule has 0 saturated carbocycles. The Kier molecular flexibility index (Phi) is 3.81. The monoisotopic (exact) mass is 242 g/mol. The van der Waals surface area contributed by atoms with Crippen molar-refractivity contribution in [2.24, 2.45) is 0 Å². The molecule has 0 saturated heterocycles.